The third kappa shape index (κ3) is 3.51. The van der Waals surface area contributed by atoms with Crippen molar-refractivity contribution in [2.75, 3.05) is 19.6 Å². The van der Waals surface area contributed by atoms with Crippen LogP contribution in [-0.4, -0.2) is 29.5 Å². The smallest absolute Gasteiger partial charge is 0.0417 e. The molecular weight excluding hydrogens is 210 g/mol. The second-order valence-electron chi connectivity index (χ2n) is 5.07. The van der Waals surface area contributed by atoms with Gasteiger partial charge in [0.1, 0.15) is 0 Å². The fourth-order valence-electron chi connectivity index (χ4n) is 2.69. The van der Waals surface area contributed by atoms with Crippen molar-refractivity contribution in [3.63, 3.8) is 0 Å². The summed E-state index contributed by atoms with van der Waals surface area (Å²) in [5.74, 6) is 0.797. The molecular formula is C14H23N3. The Morgan fingerprint density at radius 1 is 1.53 bits per heavy atom. The van der Waals surface area contributed by atoms with Gasteiger partial charge < -0.3 is 5.73 Å². The van der Waals surface area contributed by atoms with Crippen LogP contribution in [0.4, 0.5) is 0 Å². The van der Waals surface area contributed by atoms with E-state index in [1.807, 2.05) is 12.3 Å². The van der Waals surface area contributed by atoms with Gasteiger partial charge >= 0.3 is 0 Å². The van der Waals surface area contributed by atoms with Crippen molar-refractivity contribution in [2.24, 2.45) is 11.7 Å². The number of hydrogen-bond acceptors (Lipinski definition) is 3. The van der Waals surface area contributed by atoms with Crippen LogP contribution < -0.4 is 5.73 Å². The van der Waals surface area contributed by atoms with E-state index in [0.29, 0.717) is 0 Å². The highest BCUT2D eigenvalue weighted by molar-refractivity contribution is 5.18. The van der Waals surface area contributed by atoms with E-state index >= 15 is 0 Å². The minimum absolute atomic E-state index is 0.797. The third-order valence-corrected chi connectivity index (χ3v) is 3.69. The lowest BCUT2D eigenvalue weighted by Gasteiger charge is -2.32. The molecule has 1 aromatic heterocycles. The zero-order valence-corrected chi connectivity index (χ0v) is 10.7. The van der Waals surface area contributed by atoms with Crippen LogP contribution in [0.2, 0.25) is 0 Å². The third-order valence-electron chi connectivity index (χ3n) is 3.69. The second kappa shape index (κ2) is 6.12. The number of aryl methyl sites for hydroxylation is 1. The average molecular weight is 233 g/mol. The molecule has 1 aromatic rings. The molecule has 0 aromatic carbocycles. The molecule has 0 radical (unpaired) electrons. The molecule has 2 N–H and O–H groups in total. The van der Waals surface area contributed by atoms with Gasteiger partial charge in [-0.25, -0.2) is 0 Å². The van der Waals surface area contributed by atoms with Crippen LogP contribution >= 0.6 is 0 Å². The molecule has 0 bridgehead atoms. The number of rotatable bonds is 4. The summed E-state index contributed by atoms with van der Waals surface area (Å²) in [4.78, 5) is 6.90. The van der Waals surface area contributed by atoms with Crippen molar-refractivity contribution in [3.05, 3.63) is 29.6 Å². The number of nitrogens with two attached hydrogens (primary N) is 1. The predicted molar refractivity (Wildman–Crippen MR) is 70.6 cm³/mol. The minimum atomic E-state index is 0.797. The average Bonchev–Trinajstić information content (AvgIpc) is 2.33. The molecule has 17 heavy (non-hydrogen) atoms. The highest BCUT2D eigenvalue weighted by Gasteiger charge is 2.19. The van der Waals surface area contributed by atoms with Gasteiger partial charge in [-0.05, 0) is 56.8 Å². The van der Waals surface area contributed by atoms with Crippen LogP contribution in [0.15, 0.2) is 18.3 Å². The van der Waals surface area contributed by atoms with Crippen molar-refractivity contribution in [1.29, 1.82) is 0 Å². The molecule has 1 aliphatic rings. The highest BCUT2D eigenvalue weighted by Crippen LogP contribution is 2.21. The Balaban J connectivity index is 1.92. The molecule has 3 nitrogen and oxygen atoms in total. The summed E-state index contributed by atoms with van der Waals surface area (Å²) < 4.78 is 0. The van der Waals surface area contributed by atoms with Gasteiger partial charge in [0.25, 0.3) is 0 Å². The molecule has 0 saturated carbocycles. The molecule has 1 aliphatic heterocycles. The first-order chi connectivity index (χ1) is 8.29. The molecule has 1 unspecified atom stereocenters. The zero-order chi connectivity index (χ0) is 12.1. The maximum Gasteiger partial charge on any atom is 0.0417 e. The number of piperidine rings is 1. The Hall–Kier alpha value is -0.930. The van der Waals surface area contributed by atoms with Crippen LogP contribution in [-0.2, 0) is 6.54 Å². The molecule has 2 rings (SSSR count). The Morgan fingerprint density at radius 3 is 3.18 bits per heavy atom. The van der Waals surface area contributed by atoms with Gasteiger partial charge in [0.05, 0.1) is 0 Å². The summed E-state index contributed by atoms with van der Waals surface area (Å²) in [5.41, 5.74) is 8.18. The van der Waals surface area contributed by atoms with E-state index in [4.69, 9.17) is 5.73 Å². The Morgan fingerprint density at radius 2 is 2.41 bits per heavy atom. The lowest BCUT2D eigenvalue weighted by atomic mass is 9.94. The molecule has 0 spiro atoms. The van der Waals surface area contributed by atoms with Crippen molar-refractivity contribution >= 4 is 0 Å². The van der Waals surface area contributed by atoms with Gasteiger partial charge in [-0.3, -0.25) is 9.88 Å². The van der Waals surface area contributed by atoms with E-state index < -0.39 is 0 Å². The van der Waals surface area contributed by atoms with Crippen LogP contribution in [0.1, 0.15) is 30.5 Å². The monoisotopic (exact) mass is 233 g/mol. The standard InChI is InChI=1S/C14H23N3/c1-12-14(5-2-8-16-12)11-17-9-3-4-13(10-17)6-7-15/h2,5,8,13H,3-4,6-7,9-11,15H2,1H3. The molecule has 1 fully saturated rings. The number of aromatic nitrogens is 1. The maximum atomic E-state index is 5.65. The van der Waals surface area contributed by atoms with Gasteiger partial charge in [-0.1, -0.05) is 6.07 Å². The van der Waals surface area contributed by atoms with Gasteiger partial charge in [0, 0.05) is 25.0 Å². The molecule has 2 heterocycles. The second-order valence-corrected chi connectivity index (χ2v) is 5.07. The van der Waals surface area contributed by atoms with Gasteiger partial charge in [-0.15, -0.1) is 0 Å². The fraction of sp³-hybridized carbons (Fsp3) is 0.643. The van der Waals surface area contributed by atoms with E-state index in [1.54, 1.807) is 0 Å². The first-order valence-electron chi connectivity index (χ1n) is 6.62. The van der Waals surface area contributed by atoms with E-state index in [2.05, 4.69) is 22.9 Å². The number of hydrogen-bond donors (Lipinski definition) is 1. The minimum Gasteiger partial charge on any atom is -0.330 e. The van der Waals surface area contributed by atoms with Crippen LogP contribution in [0.5, 0.6) is 0 Å². The summed E-state index contributed by atoms with van der Waals surface area (Å²) >= 11 is 0. The summed E-state index contributed by atoms with van der Waals surface area (Å²) in [6.45, 7) is 6.38. The van der Waals surface area contributed by atoms with Gasteiger partial charge in [0.2, 0.25) is 0 Å². The molecule has 94 valence electrons. The highest BCUT2D eigenvalue weighted by atomic mass is 15.1. The predicted octanol–water partition coefficient (Wildman–Crippen LogP) is 1.95. The Bertz CT molecular complexity index is 349. The summed E-state index contributed by atoms with van der Waals surface area (Å²) in [5, 5.41) is 0. The van der Waals surface area contributed by atoms with Crippen molar-refractivity contribution in [3.8, 4) is 0 Å². The summed E-state index contributed by atoms with van der Waals surface area (Å²) in [6, 6.07) is 4.22. The lowest BCUT2D eigenvalue weighted by Crippen LogP contribution is -2.35. The molecule has 0 aliphatic carbocycles. The first-order valence-corrected chi connectivity index (χ1v) is 6.62. The normalized spacial score (nSPS) is 21.6. The van der Waals surface area contributed by atoms with Crippen molar-refractivity contribution < 1.29 is 0 Å². The number of likely N-dealkylation sites (tertiary alicyclic amines) is 1. The Labute approximate surface area is 104 Å². The van der Waals surface area contributed by atoms with Gasteiger partial charge in [-0.2, -0.15) is 0 Å². The topological polar surface area (TPSA) is 42.2 Å². The molecule has 0 amide bonds. The van der Waals surface area contributed by atoms with Gasteiger partial charge in [0.15, 0.2) is 0 Å². The van der Waals surface area contributed by atoms with E-state index in [1.165, 1.54) is 37.9 Å². The quantitative estimate of drug-likeness (QED) is 0.864. The van der Waals surface area contributed by atoms with Crippen molar-refractivity contribution in [1.82, 2.24) is 9.88 Å². The summed E-state index contributed by atoms with van der Waals surface area (Å²) in [7, 11) is 0. The molecule has 1 saturated heterocycles. The number of pyridine rings is 1. The largest absolute Gasteiger partial charge is 0.330 e. The maximum absolute atomic E-state index is 5.65. The fourth-order valence-corrected chi connectivity index (χ4v) is 2.69. The molecule has 1 atom stereocenters. The van der Waals surface area contributed by atoms with Crippen LogP contribution in [0.3, 0.4) is 0 Å². The SMILES string of the molecule is Cc1ncccc1CN1CCCC(CCN)C1. The zero-order valence-electron chi connectivity index (χ0n) is 10.7. The van der Waals surface area contributed by atoms with E-state index in [-0.39, 0.29) is 0 Å². The van der Waals surface area contributed by atoms with Crippen LogP contribution in [0.25, 0.3) is 0 Å². The van der Waals surface area contributed by atoms with E-state index in [0.717, 1.165) is 24.7 Å². The van der Waals surface area contributed by atoms with Crippen LogP contribution in [0, 0.1) is 12.8 Å². The number of nitrogens with zero attached hydrogens (tertiary/aromatic N) is 2. The summed E-state index contributed by atoms with van der Waals surface area (Å²) in [6.07, 6.45) is 5.69. The van der Waals surface area contributed by atoms with Crippen molar-refractivity contribution in [2.45, 2.75) is 32.7 Å². The lowest BCUT2D eigenvalue weighted by molar-refractivity contribution is 0.162. The molecule has 3 heteroatoms. The first kappa shape index (κ1) is 12.5. The van der Waals surface area contributed by atoms with E-state index in [9.17, 15) is 0 Å². The Kier molecular flexibility index (Phi) is 4.51.